The highest BCUT2D eigenvalue weighted by molar-refractivity contribution is 5.80. The van der Waals surface area contributed by atoms with Crippen LogP contribution in [0.4, 0.5) is 4.79 Å². The van der Waals surface area contributed by atoms with Gasteiger partial charge in [0.2, 0.25) is 0 Å². The summed E-state index contributed by atoms with van der Waals surface area (Å²) in [5, 5.41) is 12.6. The Balaban J connectivity index is 1.33. The lowest BCUT2D eigenvalue weighted by Gasteiger charge is -2.23. The number of urea groups is 1. The lowest BCUT2D eigenvalue weighted by atomic mass is 9.81. The van der Waals surface area contributed by atoms with Crippen molar-refractivity contribution >= 4 is 12.0 Å². The number of carbonyl (C=O) groups excluding carboxylic acids is 1. The fourth-order valence-electron chi connectivity index (χ4n) is 4.68. The SMILES string of the molecule is O=C(NCc1ccncc1OCC1CCOC1)N1C[C@@H]2CCC[C@@]2(C(=O)O)C1. The molecule has 8 heteroatoms. The first-order chi connectivity index (χ1) is 13.6. The summed E-state index contributed by atoms with van der Waals surface area (Å²) in [7, 11) is 0. The number of amides is 2. The van der Waals surface area contributed by atoms with E-state index in [2.05, 4.69) is 10.3 Å². The van der Waals surface area contributed by atoms with Gasteiger partial charge in [-0.15, -0.1) is 0 Å². The molecule has 2 saturated heterocycles. The molecule has 1 unspecified atom stereocenters. The maximum Gasteiger partial charge on any atom is 0.317 e. The Hall–Kier alpha value is -2.35. The second-order valence-corrected chi connectivity index (χ2v) is 8.11. The fourth-order valence-corrected chi connectivity index (χ4v) is 4.68. The van der Waals surface area contributed by atoms with Crippen molar-refractivity contribution in [1.82, 2.24) is 15.2 Å². The van der Waals surface area contributed by atoms with Crippen LogP contribution in [0.1, 0.15) is 31.2 Å². The highest BCUT2D eigenvalue weighted by atomic mass is 16.5. The Morgan fingerprint density at radius 2 is 2.32 bits per heavy atom. The number of rotatable bonds is 6. The number of carboxylic acids is 1. The molecule has 0 bridgehead atoms. The number of fused-ring (bicyclic) bond motifs is 1. The zero-order valence-electron chi connectivity index (χ0n) is 15.9. The molecule has 4 rings (SSSR count). The van der Waals surface area contributed by atoms with E-state index in [4.69, 9.17) is 9.47 Å². The van der Waals surface area contributed by atoms with Crippen molar-refractivity contribution in [1.29, 1.82) is 0 Å². The molecule has 2 N–H and O–H groups in total. The average Bonchev–Trinajstić information content (AvgIpc) is 3.40. The minimum Gasteiger partial charge on any atom is -0.491 e. The van der Waals surface area contributed by atoms with Crippen LogP contribution in [0.15, 0.2) is 18.5 Å². The Labute approximate surface area is 164 Å². The predicted molar refractivity (Wildman–Crippen MR) is 99.9 cm³/mol. The van der Waals surface area contributed by atoms with Gasteiger partial charge in [-0.05, 0) is 31.2 Å². The highest BCUT2D eigenvalue weighted by Gasteiger charge is 2.55. The van der Waals surface area contributed by atoms with Crippen LogP contribution in [0.5, 0.6) is 5.75 Å². The van der Waals surface area contributed by atoms with Crippen molar-refractivity contribution in [3.63, 3.8) is 0 Å². The van der Waals surface area contributed by atoms with E-state index in [-0.39, 0.29) is 11.9 Å². The van der Waals surface area contributed by atoms with Crippen LogP contribution in [0.3, 0.4) is 0 Å². The summed E-state index contributed by atoms with van der Waals surface area (Å²) in [5.41, 5.74) is 0.0978. The average molecular weight is 389 g/mol. The number of hydrogen-bond donors (Lipinski definition) is 2. The number of nitrogens with one attached hydrogen (secondary N) is 1. The van der Waals surface area contributed by atoms with Gasteiger partial charge in [-0.2, -0.15) is 0 Å². The second-order valence-electron chi connectivity index (χ2n) is 8.11. The number of ether oxygens (including phenoxy) is 2. The minimum absolute atomic E-state index is 0.0594. The van der Waals surface area contributed by atoms with Crippen LogP contribution in [0.2, 0.25) is 0 Å². The molecule has 1 aliphatic carbocycles. The molecule has 3 heterocycles. The largest absolute Gasteiger partial charge is 0.491 e. The molecule has 3 atom stereocenters. The van der Waals surface area contributed by atoms with Crippen molar-refractivity contribution in [2.24, 2.45) is 17.3 Å². The van der Waals surface area contributed by atoms with Crippen molar-refractivity contribution in [3.8, 4) is 5.75 Å². The molecule has 0 spiro atoms. The monoisotopic (exact) mass is 389 g/mol. The molecular weight excluding hydrogens is 362 g/mol. The van der Waals surface area contributed by atoms with E-state index in [1.807, 2.05) is 6.07 Å². The van der Waals surface area contributed by atoms with Crippen molar-refractivity contribution in [2.45, 2.75) is 32.2 Å². The van der Waals surface area contributed by atoms with Gasteiger partial charge in [-0.25, -0.2) is 4.79 Å². The zero-order chi connectivity index (χ0) is 19.6. The Kier molecular flexibility index (Phi) is 5.39. The predicted octanol–water partition coefficient (Wildman–Crippen LogP) is 1.89. The topological polar surface area (TPSA) is 101 Å². The summed E-state index contributed by atoms with van der Waals surface area (Å²) in [4.78, 5) is 30.2. The van der Waals surface area contributed by atoms with Crippen LogP contribution in [0, 0.1) is 17.3 Å². The van der Waals surface area contributed by atoms with Gasteiger partial charge >= 0.3 is 12.0 Å². The Morgan fingerprint density at radius 3 is 3.07 bits per heavy atom. The molecule has 3 fully saturated rings. The van der Waals surface area contributed by atoms with Gasteiger partial charge in [0.25, 0.3) is 0 Å². The first-order valence-electron chi connectivity index (χ1n) is 9.98. The molecule has 0 radical (unpaired) electrons. The van der Waals surface area contributed by atoms with Gasteiger partial charge in [0.05, 0.1) is 24.8 Å². The van der Waals surface area contributed by atoms with Gasteiger partial charge in [0, 0.05) is 43.9 Å². The Bertz CT molecular complexity index is 736. The lowest BCUT2D eigenvalue weighted by Crippen LogP contribution is -2.41. The number of aromatic nitrogens is 1. The molecule has 0 aromatic carbocycles. The van der Waals surface area contributed by atoms with Crippen LogP contribution in [0.25, 0.3) is 0 Å². The highest BCUT2D eigenvalue weighted by Crippen LogP contribution is 2.48. The van der Waals surface area contributed by atoms with Crippen LogP contribution in [-0.4, -0.2) is 59.9 Å². The van der Waals surface area contributed by atoms with Crippen molar-refractivity contribution in [3.05, 3.63) is 24.0 Å². The van der Waals surface area contributed by atoms with Gasteiger partial charge in [-0.3, -0.25) is 9.78 Å². The number of likely N-dealkylation sites (tertiary alicyclic amines) is 1. The van der Waals surface area contributed by atoms with Crippen molar-refractivity contribution in [2.75, 3.05) is 32.9 Å². The molecule has 1 aromatic rings. The quantitative estimate of drug-likeness (QED) is 0.771. The Morgan fingerprint density at radius 1 is 1.43 bits per heavy atom. The third-order valence-corrected chi connectivity index (χ3v) is 6.38. The van der Waals surface area contributed by atoms with Crippen LogP contribution in [-0.2, 0) is 16.1 Å². The van der Waals surface area contributed by atoms with Gasteiger partial charge in [0.1, 0.15) is 5.75 Å². The van der Waals surface area contributed by atoms with E-state index in [1.165, 1.54) is 0 Å². The maximum atomic E-state index is 12.6. The van der Waals surface area contributed by atoms with E-state index in [1.54, 1.807) is 17.3 Å². The van der Waals surface area contributed by atoms with E-state index < -0.39 is 11.4 Å². The third kappa shape index (κ3) is 3.65. The molecule has 3 aliphatic rings. The number of carbonyl (C=O) groups is 2. The van der Waals surface area contributed by atoms with Gasteiger partial charge < -0.3 is 24.8 Å². The van der Waals surface area contributed by atoms with Gasteiger partial charge in [-0.1, -0.05) is 6.42 Å². The number of aliphatic carboxylic acids is 1. The molecular formula is C20H27N3O5. The number of hydrogen-bond acceptors (Lipinski definition) is 5. The van der Waals surface area contributed by atoms with Crippen LogP contribution >= 0.6 is 0 Å². The number of carboxylic acid groups (broad SMARTS) is 1. The molecule has 2 aliphatic heterocycles. The first kappa shape index (κ1) is 19.0. The van der Waals surface area contributed by atoms with Crippen LogP contribution < -0.4 is 10.1 Å². The van der Waals surface area contributed by atoms with E-state index in [0.717, 1.165) is 31.4 Å². The molecule has 1 aromatic heterocycles. The standard InChI is InChI=1S/C20H27N3O5/c24-18(25)20-5-1-2-16(20)10-23(13-20)19(26)22-8-15-3-6-21-9-17(15)28-12-14-4-7-27-11-14/h3,6,9,14,16H,1-2,4-5,7-8,10-13H2,(H,22,26)(H,24,25)/t14?,16-,20+/m0/s1. The summed E-state index contributed by atoms with van der Waals surface area (Å²) < 4.78 is 11.3. The second kappa shape index (κ2) is 7.95. The van der Waals surface area contributed by atoms with E-state index >= 15 is 0 Å². The maximum absolute atomic E-state index is 12.6. The van der Waals surface area contributed by atoms with E-state index in [9.17, 15) is 14.7 Å². The zero-order valence-corrected chi connectivity index (χ0v) is 15.9. The summed E-state index contributed by atoms with van der Waals surface area (Å²) in [6.45, 7) is 3.19. The van der Waals surface area contributed by atoms with E-state index in [0.29, 0.717) is 50.9 Å². The molecule has 152 valence electrons. The summed E-state index contributed by atoms with van der Waals surface area (Å²) >= 11 is 0. The third-order valence-electron chi connectivity index (χ3n) is 6.38. The molecule has 8 nitrogen and oxygen atoms in total. The molecule has 28 heavy (non-hydrogen) atoms. The number of pyridine rings is 1. The van der Waals surface area contributed by atoms with Crippen molar-refractivity contribution < 1.29 is 24.2 Å². The first-order valence-corrected chi connectivity index (χ1v) is 9.98. The molecule has 1 saturated carbocycles. The fraction of sp³-hybridized carbons (Fsp3) is 0.650. The summed E-state index contributed by atoms with van der Waals surface area (Å²) in [6, 6.07) is 1.61. The molecule has 2 amide bonds. The lowest BCUT2D eigenvalue weighted by molar-refractivity contribution is -0.149. The number of nitrogens with zero attached hydrogens (tertiary/aromatic N) is 2. The summed E-state index contributed by atoms with van der Waals surface area (Å²) in [5.74, 6) is 0.337. The normalized spacial score (nSPS) is 28.9. The minimum atomic E-state index is -0.772. The van der Waals surface area contributed by atoms with Gasteiger partial charge in [0.15, 0.2) is 0 Å². The smallest absolute Gasteiger partial charge is 0.317 e. The summed E-state index contributed by atoms with van der Waals surface area (Å²) in [6.07, 6.45) is 6.79.